The molecule has 0 unspecified atom stereocenters. The summed E-state index contributed by atoms with van der Waals surface area (Å²) in [7, 11) is 0. The molecule has 2 nitrogen and oxygen atoms in total. The number of hydrogen-bond donors (Lipinski definition) is 0. The van der Waals surface area contributed by atoms with Crippen LogP contribution < -0.4 is 4.74 Å². The van der Waals surface area contributed by atoms with Gasteiger partial charge in [-0.3, -0.25) is 0 Å². The molecule has 0 spiro atoms. The van der Waals surface area contributed by atoms with Crippen molar-refractivity contribution in [2.45, 2.75) is 12.8 Å². The quantitative estimate of drug-likeness (QED) is 0.623. The third-order valence-corrected chi connectivity index (χ3v) is 3.20. The minimum atomic E-state index is -4.39. The molecule has 2 aromatic carbocycles. The molecule has 0 saturated carbocycles. The van der Waals surface area contributed by atoms with Gasteiger partial charge >= 0.3 is 6.18 Å². The number of halogens is 4. The predicted molar refractivity (Wildman–Crippen MR) is 71.9 cm³/mol. The average Bonchev–Trinajstić information content (AvgIpc) is 2.89. The summed E-state index contributed by atoms with van der Waals surface area (Å²) in [5.74, 6) is -0.170. The highest BCUT2D eigenvalue weighted by Crippen LogP contribution is 2.31. The van der Waals surface area contributed by atoms with Gasteiger partial charge in [-0.2, -0.15) is 13.2 Å². The molecule has 1 heterocycles. The van der Waals surface area contributed by atoms with E-state index >= 15 is 0 Å². The van der Waals surface area contributed by atoms with Crippen LogP contribution in [0.5, 0.6) is 5.75 Å². The molecule has 0 radical (unpaired) electrons. The van der Waals surface area contributed by atoms with Gasteiger partial charge in [-0.25, -0.2) is 4.39 Å². The third kappa shape index (κ3) is 2.77. The van der Waals surface area contributed by atoms with Crippen molar-refractivity contribution < 1.29 is 26.7 Å². The van der Waals surface area contributed by atoms with Crippen molar-refractivity contribution in [1.29, 1.82) is 0 Å². The van der Waals surface area contributed by atoms with Crippen LogP contribution in [0.1, 0.15) is 11.1 Å². The molecule has 0 bridgehead atoms. The zero-order valence-corrected chi connectivity index (χ0v) is 11.2. The van der Waals surface area contributed by atoms with Gasteiger partial charge in [-0.15, -0.1) is 0 Å². The van der Waals surface area contributed by atoms with Crippen molar-refractivity contribution in [2.75, 3.05) is 0 Å². The topological polar surface area (TPSA) is 22.4 Å². The fourth-order valence-corrected chi connectivity index (χ4v) is 2.12. The second kappa shape index (κ2) is 5.36. The molecule has 0 saturated heterocycles. The van der Waals surface area contributed by atoms with Crippen molar-refractivity contribution in [1.82, 2.24) is 0 Å². The summed E-state index contributed by atoms with van der Waals surface area (Å²) in [5, 5.41) is 0.314. The number of rotatable bonds is 3. The number of benzene rings is 2. The van der Waals surface area contributed by atoms with Crippen molar-refractivity contribution in [3.8, 4) is 5.75 Å². The number of hydrogen-bond acceptors (Lipinski definition) is 2. The zero-order valence-electron chi connectivity index (χ0n) is 11.2. The monoisotopic (exact) mass is 310 g/mol. The van der Waals surface area contributed by atoms with Crippen LogP contribution in [0.4, 0.5) is 17.6 Å². The van der Waals surface area contributed by atoms with Crippen LogP contribution in [0.25, 0.3) is 11.0 Å². The fraction of sp³-hybridized carbons (Fsp3) is 0.125. The number of ether oxygens (including phenoxy) is 1. The van der Waals surface area contributed by atoms with E-state index in [1.807, 2.05) is 0 Å². The molecule has 114 valence electrons. The molecular formula is C16H10F4O2. The lowest BCUT2D eigenvalue weighted by Crippen LogP contribution is -2.04. The Hall–Kier alpha value is -2.50. The van der Waals surface area contributed by atoms with E-state index in [1.165, 1.54) is 30.5 Å². The molecule has 22 heavy (non-hydrogen) atoms. The normalized spacial score (nSPS) is 11.8. The van der Waals surface area contributed by atoms with E-state index in [4.69, 9.17) is 9.15 Å². The van der Waals surface area contributed by atoms with Crippen LogP contribution >= 0.6 is 0 Å². The molecule has 0 aliphatic rings. The standard InChI is InChI=1S/C16H10F4O2/c17-13-2-1-3-14-15(13)10(9-22-14)8-21-12-6-4-11(5-7-12)16(18,19)20/h1-7,9H,8H2. The molecule has 0 amide bonds. The second-order valence-corrected chi connectivity index (χ2v) is 4.68. The summed E-state index contributed by atoms with van der Waals surface area (Å²) < 4.78 is 61.7. The highest BCUT2D eigenvalue weighted by molar-refractivity contribution is 5.81. The lowest BCUT2D eigenvalue weighted by Gasteiger charge is -2.08. The molecule has 6 heteroatoms. The Morgan fingerprint density at radius 2 is 1.73 bits per heavy atom. The van der Waals surface area contributed by atoms with Crippen LogP contribution in [0.2, 0.25) is 0 Å². The molecule has 0 fully saturated rings. The summed E-state index contributed by atoms with van der Waals surface area (Å²) in [6.45, 7) is -0.000697. The van der Waals surface area contributed by atoms with E-state index in [1.54, 1.807) is 6.07 Å². The van der Waals surface area contributed by atoms with Gasteiger partial charge in [0, 0.05) is 5.56 Å². The van der Waals surface area contributed by atoms with Crippen molar-refractivity contribution in [3.05, 3.63) is 65.7 Å². The maximum Gasteiger partial charge on any atom is 0.416 e. The van der Waals surface area contributed by atoms with Crippen LogP contribution in [0, 0.1) is 5.82 Å². The van der Waals surface area contributed by atoms with Crippen molar-refractivity contribution in [2.24, 2.45) is 0 Å². The van der Waals surface area contributed by atoms with E-state index in [0.29, 0.717) is 16.5 Å². The summed E-state index contributed by atoms with van der Waals surface area (Å²) >= 11 is 0. The second-order valence-electron chi connectivity index (χ2n) is 4.68. The average molecular weight is 310 g/mol. The molecule has 0 aliphatic heterocycles. The van der Waals surface area contributed by atoms with Crippen LogP contribution in [0.3, 0.4) is 0 Å². The molecule has 0 aliphatic carbocycles. The predicted octanol–water partition coefficient (Wildman–Crippen LogP) is 5.17. The van der Waals surface area contributed by atoms with E-state index in [0.717, 1.165) is 12.1 Å². The van der Waals surface area contributed by atoms with Gasteiger partial charge in [0.1, 0.15) is 23.8 Å². The smallest absolute Gasteiger partial charge is 0.416 e. The van der Waals surface area contributed by atoms with Crippen LogP contribution in [-0.2, 0) is 12.8 Å². The Bertz CT molecular complexity index is 788. The van der Waals surface area contributed by atoms with Crippen molar-refractivity contribution >= 4 is 11.0 Å². The van der Waals surface area contributed by atoms with Gasteiger partial charge in [-0.1, -0.05) is 6.07 Å². The third-order valence-electron chi connectivity index (χ3n) is 3.20. The summed E-state index contributed by atoms with van der Waals surface area (Å²) in [6, 6.07) is 8.77. The first kappa shape index (κ1) is 14.4. The largest absolute Gasteiger partial charge is 0.489 e. The SMILES string of the molecule is Fc1cccc2occ(COc3ccc(C(F)(F)F)cc3)c12. The Morgan fingerprint density at radius 1 is 1.00 bits per heavy atom. The van der Waals surface area contributed by atoms with Gasteiger partial charge in [0.25, 0.3) is 0 Å². The van der Waals surface area contributed by atoms with Gasteiger partial charge < -0.3 is 9.15 Å². The van der Waals surface area contributed by atoms with E-state index in [2.05, 4.69) is 0 Å². The highest BCUT2D eigenvalue weighted by Gasteiger charge is 2.30. The van der Waals surface area contributed by atoms with E-state index in [-0.39, 0.29) is 12.4 Å². The zero-order chi connectivity index (χ0) is 15.7. The van der Waals surface area contributed by atoms with Gasteiger partial charge in [0.15, 0.2) is 0 Å². The lowest BCUT2D eigenvalue weighted by molar-refractivity contribution is -0.137. The Morgan fingerprint density at radius 3 is 2.41 bits per heavy atom. The van der Waals surface area contributed by atoms with Crippen LogP contribution in [-0.4, -0.2) is 0 Å². The first-order valence-corrected chi connectivity index (χ1v) is 6.40. The summed E-state index contributed by atoms with van der Waals surface area (Å²) in [6.07, 6.45) is -3.01. The van der Waals surface area contributed by atoms with Crippen molar-refractivity contribution in [3.63, 3.8) is 0 Å². The molecule has 0 N–H and O–H groups in total. The Kier molecular flexibility index (Phi) is 3.52. The summed E-state index contributed by atoms with van der Waals surface area (Å²) in [5.41, 5.74) is 0.138. The molecule has 0 atom stereocenters. The lowest BCUT2D eigenvalue weighted by atomic mass is 10.2. The van der Waals surface area contributed by atoms with Gasteiger partial charge in [-0.05, 0) is 36.4 Å². The maximum absolute atomic E-state index is 13.7. The first-order valence-electron chi connectivity index (χ1n) is 6.40. The molecule has 3 rings (SSSR count). The minimum Gasteiger partial charge on any atom is -0.489 e. The van der Waals surface area contributed by atoms with Gasteiger partial charge in [0.2, 0.25) is 0 Å². The minimum absolute atomic E-state index is 0.000697. The van der Waals surface area contributed by atoms with Gasteiger partial charge in [0.05, 0.1) is 17.2 Å². The number of alkyl halides is 3. The van der Waals surface area contributed by atoms with E-state index < -0.39 is 17.6 Å². The maximum atomic E-state index is 13.7. The van der Waals surface area contributed by atoms with Crippen LogP contribution in [0.15, 0.2) is 53.1 Å². The number of fused-ring (bicyclic) bond motifs is 1. The Labute approximate surface area is 122 Å². The summed E-state index contributed by atoms with van der Waals surface area (Å²) in [4.78, 5) is 0. The first-order chi connectivity index (χ1) is 10.4. The molecular weight excluding hydrogens is 300 g/mol. The molecule has 3 aromatic rings. The Balaban J connectivity index is 1.77. The fourth-order valence-electron chi connectivity index (χ4n) is 2.12. The highest BCUT2D eigenvalue weighted by atomic mass is 19.4. The molecule has 1 aromatic heterocycles. The van der Waals surface area contributed by atoms with E-state index in [9.17, 15) is 17.6 Å². The number of furan rings is 1.